The Bertz CT molecular complexity index is 296. The molecule has 0 aliphatic rings. The minimum absolute atomic E-state index is 0.908. The zero-order valence-electron chi connectivity index (χ0n) is 9.88. The normalized spacial score (nSPS) is 13.7. The number of hydrogen-bond donors (Lipinski definition) is 2. The highest BCUT2D eigenvalue weighted by Gasteiger charge is 2.58. The molecule has 0 aromatic carbocycles. The Hall–Kier alpha value is -0.460. The number of esters is 1. The highest BCUT2D eigenvalue weighted by Crippen LogP contribution is 2.52. The Morgan fingerprint density at radius 1 is 1.12 bits per heavy atom. The van der Waals surface area contributed by atoms with Gasteiger partial charge in [-0.25, -0.2) is 4.79 Å². The monoisotopic (exact) mass is 256 g/mol. The van der Waals surface area contributed by atoms with Crippen molar-refractivity contribution in [3.05, 3.63) is 0 Å². The molecule has 0 bridgehead atoms. The third-order valence-electron chi connectivity index (χ3n) is 1.59. The van der Waals surface area contributed by atoms with Crippen molar-refractivity contribution in [2.75, 3.05) is 14.2 Å². The van der Waals surface area contributed by atoms with Gasteiger partial charge in [0.2, 0.25) is 0 Å². The number of hydrogen-bond acceptors (Lipinski definition) is 5. The predicted octanol–water partition coefficient (Wildman–Crippen LogP) is 0.452. The molecule has 2 N–H and O–H groups in total. The zero-order chi connectivity index (χ0) is 13.2. The minimum atomic E-state index is -4.97. The van der Waals surface area contributed by atoms with Gasteiger partial charge in [0, 0.05) is 14.2 Å². The maximum absolute atomic E-state index is 11.6. The lowest BCUT2D eigenvalue weighted by Crippen LogP contribution is -2.46. The van der Waals surface area contributed by atoms with Crippen LogP contribution in [0, 0.1) is 0 Å². The van der Waals surface area contributed by atoms with Gasteiger partial charge in [0.15, 0.2) is 0 Å². The molecule has 8 heteroatoms. The maximum atomic E-state index is 11.6. The van der Waals surface area contributed by atoms with Crippen LogP contribution >= 0.6 is 7.60 Å². The second kappa shape index (κ2) is 4.81. The molecule has 0 amide bonds. The molecule has 0 unspecified atom stereocenters. The molecule has 0 aliphatic carbocycles. The highest BCUT2D eigenvalue weighted by atomic mass is 31.2. The molecule has 0 aromatic heterocycles. The lowest BCUT2D eigenvalue weighted by atomic mass is 10.2. The van der Waals surface area contributed by atoms with Gasteiger partial charge in [0.1, 0.15) is 5.60 Å². The minimum Gasteiger partial charge on any atom is -0.455 e. The molecule has 16 heavy (non-hydrogen) atoms. The smallest absolute Gasteiger partial charge is 0.397 e. The summed E-state index contributed by atoms with van der Waals surface area (Å²) in [4.78, 5) is 29.7. The Morgan fingerprint density at radius 2 is 1.50 bits per heavy atom. The largest absolute Gasteiger partial charge is 0.455 e. The number of ether oxygens (including phenoxy) is 3. The van der Waals surface area contributed by atoms with Crippen molar-refractivity contribution < 1.29 is 33.4 Å². The fraction of sp³-hybridized carbons (Fsp3) is 0.875. The first kappa shape index (κ1) is 15.5. The van der Waals surface area contributed by atoms with E-state index in [4.69, 9.17) is 14.5 Å². The predicted molar refractivity (Wildman–Crippen MR) is 54.6 cm³/mol. The molecule has 0 spiro atoms. The number of carbonyl (C=O) groups excluding carboxylic acids is 1. The average molecular weight is 256 g/mol. The summed E-state index contributed by atoms with van der Waals surface area (Å²) < 4.78 is 25.0. The van der Waals surface area contributed by atoms with Gasteiger partial charge < -0.3 is 24.0 Å². The Balaban J connectivity index is 5.23. The molecule has 0 rings (SSSR count). The van der Waals surface area contributed by atoms with E-state index in [1.54, 1.807) is 20.8 Å². The van der Waals surface area contributed by atoms with Crippen molar-refractivity contribution in [3.63, 3.8) is 0 Å². The van der Waals surface area contributed by atoms with Crippen LogP contribution < -0.4 is 0 Å². The lowest BCUT2D eigenvalue weighted by molar-refractivity contribution is -0.212. The summed E-state index contributed by atoms with van der Waals surface area (Å²) in [7, 11) is -3.07. The Kier molecular flexibility index (Phi) is 4.67. The quantitative estimate of drug-likeness (QED) is 0.427. The van der Waals surface area contributed by atoms with E-state index in [-0.39, 0.29) is 0 Å². The van der Waals surface area contributed by atoms with Crippen molar-refractivity contribution in [3.8, 4) is 0 Å². The number of rotatable bonds is 4. The van der Waals surface area contributed by atoms with Gasteiger partial charge in [-0.1, -0.05) is 0 Å². The van der Waals surface area contributed by atoms with Crippen LogP contribution in [0.15, 0.2) is 0 Å². The second-order valence-electron chi connectivity index (χ2n) is 4.04. The van der Waals surface area contributed by atoms with Crippen LogP contribution in [0.4, 0.5) is 0 Å². The average Bonchev–Trinajstić information content (AvgIpc) is 2.00. The van der Waals surface area contributed by atoms with Crippen LogP contribution in [-0.4, -0.2) is 41.1 Å². The van der Waals surface area contributed by atoms with Crippen LogP contribution in [0.25, 0.3) is 0 Å². The standard InChI is InChI=1S/C8H17O7P/c1-7(2,3)15-6(9)8(13-4,14-5)16(10,11)12/h1-5H3,(H2,10,11,12). The topological polar surface area (TPSA) is 102 Å². The first-order valence-electron chi connectivity index (χ1n) is 4.39. The summed E-state index contributed by atoms with van der Waals surface area (Å²) in [6, 6.07) is 0. The molecule has 0 aromatic rings. The SMILES string of the molecule is COC(OC)(C(=O)OC(C)(C)C)P(=O)(O)O. The van der Waals surface area contributed by atoms with E-state index in [9.17, 15) is 9.36 Å². The molecule has 7 nitrogen and oxygen atoms in total. The molecule has 0 saturated heterocycles. The fourth-order valence-corrected chi connectivity index (χ4v) is 1.71. The summed E-state index contributed by atoms with van der Waals surface area (Å²) in [6.07, 6.45) is 0. The Morgan fingerprint density at radius 3 is 1.69 bits per heavy atom. The fourth-order valence-electron chi connectivity index (χ4n) is 0.949. The second-order valence-corrected chi connectivity index (χ2v) is 5.71. The molecule has 0 atom stereocenters. The van der Waals surface area contributed by atoms with E-state index in [0.29, 0.717) is 0 Å². The summed E-state index contributed by atoms with van der Waals surface area (Å²) in [5.74, 6) is -1.27. The van der Waals surface area contributed by atoms with Crippen molar-refractivity contribution >= 4 is 13.6 Å². The van der Waals surface area contributed by atoms with Gasteiger partial charge in [0.25, 0.3) is 0 Å². The van der Waals surface area contributed by atoms with E-state index < -0.39 is 24.7 Å². The number of carbonyl (C=O) groups is 1. The van der Waals surface area contributed by atoms with Gasteiger partial charge in [-0.05, 0) is 20.8 Å². The molecule has 96 valence electrons. The molecular formula is C8H17O7P. The van der Waals surface area contributed by atoms with E-state index in [0.717, 1.165) is 14.2 Å². The molecule has 0 fully saturated rings. The Labute approximate surface area is 93.8 Å². The summed E-state index contributed by atoms with van der Waals surface area (Å²) in [5.41, 5.74) is -3.62. The van der Waals surface area contributed by atoms with Crippen molar-refractivity contribution in [2.45, 2.75) is 31.9 Å². The van der Waals surface area contributed by atoms with E-state index in [2.05, 4.69) is 9.47 Å². The highest BCUT2D eigenvalue weighted by molar-refractivity contribution is 7.54. The first-order chi connectivity index (χ1) is 7.00. The van der Waals surface area contributed by atoms with Gasteiger partial charge in [-0.15, -0.1) is 0 Å². The van der Waals surface area contributed by atoms with Crippen molar-refractivity contribution in [2.24, 2.45) is 0 Å². The third kappa shape index (κ3) is 3.26. The molecule has 0 aliphatic heterocycles. The van der Waals surface area contributed by atoms with Crippen LogP contribution in [0.3, 0.4) is 0 Å². The molecular weight excluding hydrogens is 239 g/mol. The summed E-state index contributed by atoms with van der Waals surface area (Å²) in [5, 5.41) is 0. The molecule has 0 radical (unpaired) electrons. The van der Waals surface area contributed by atoms with E-state index in [1.165, 1.54) is 0 Å². The van der Waals surface area contributed by atoms with Crippen molar-refractivity contribution in [1.82, 2.24) is 0 Å². The maximum Gasteiger partial charge on any atom is 0.397 e. The van der Waals surface area contributed by atoms with Crippen LogP contribution in [0.1, 0.15) is 20.8 Å². The van der Waals surface area contributed by atoms with Gasteiger partial charge >= 0.3 is 19.1 Å². The van der Waals surface area contributed by atoms with Crippen molar-refractivity contribution in [1.29, 1.82) is 0 Å². The molecule has 0 saturated carbocycles. The van der Waals surface area contributed by atoms with Gasteiger partial charge in [-0.3, -0.25) is 4.57 Å². The van der Waals surface area contributed by atoms with E-state index >= 15 is 0 Å². The number of methoxy groups -OCH3 is 2. The summed E-state index contributed by atoms with van der Waals surface area (Å²) >= 11 is 0. The van der Waals surface area contributed by atoms with Crippen LogP contribution in [-0.2, 0) is 23.6 Å². The summed E-state index contributed by atoms with van der Waals surface area (Å²) in [6.45, 7) is 4.67. The van der Waals surface area contributed by atoms with Crippen LogP contribution in [0.5, 0.6) is 0 Å². The third-order valence-corrected chi connectivity index (χ3v) is 2.91. The lowest BCUT2D eigenvalue weighted by Gasteiger charge is -2.31. The molecule has 0 heterocycles. The first-order valence-corrected chi connectivity index (χ1v) is 6.01. The zero-order valence-corrected chi connectivity index (χ0v) is 10.8. The van der Waals surface area contributed by atoms with Crippen LogP contribution in [0.2, 0.25) is 0 Å². The van der Waals surface area contributed by atoms with Gasteiger partial charge in [-0.2, -0.15) is 0 Å². The van der Waals surface area contributed by atoms with Gasteiger partial charge in [0.05, 0.1) is 0 Å². The van der Waals surface area contributed by atoms with E-state index in [1.807, 2.05) is 0 Å².